The summed E-state index contributed by atoms with van der Waals surface area (Å²) < 4.78 is 23.6. The van der Waals surface area contributed by atoms with Crippen LogP contribution in [0.2, 0.25) is 0 Å². The molecule has 1 N–H and O–H groups in total. The van der Waals surface area contributed by atoms with Crippen LogP contribution in [0.3, 0.4) is 0 Å². The Balaban J connectivity index is 1.97. The normalized spacial score (nSPS) is 12.4. The fraction of sp³-hybridized carbons (Fsp3) is 0.429. The lowest BCUT2D eigenvalue weighted by Gasteiger charge is -2.13. The molecule has 1 aromatic carbocycles. The predicted octanol–water partition coefficient (Wildman–Crippen LogP) is 2.63. The lowest BCUT2D eigenvalue weighted by atomic mass is 10.1. The molecule has 6 heteroatoms. The van der Waals surface area contributed by atoms with Gasteiger partial charge < -0.3 is 14.6 Å². The van der Waals surface area contributed by atoms with Gasteiger partial charge in [-0.3, -0.25) is 0 Å². The second-order valence-corrected chi connectivity index (χ2v) is 4.45. The number of ether oxygens (including phenoxy) is 1. The maximum Gasteiger partial charge on any atom is 0.226 e. The van der Waals surface area contributed by atoms with Crippen LogP contribution < -0.4 is 10.1 Å². The first-order valence-corrected chi connectivity index (χ1v) is 6.52. The predicted molar refractivity (Wildman–Crippen MR) is 71.9 cm³/mol. The number of nitrogens with one attached hydrogen (secondary N) is 1. The molecule has 0 saturated carbocycles. The summed E-state index contributed by atoms with van der Waals surface area (Å²) >= 11 is 0. The zero-order valence-electron chi connectivity index (χ0n) is 11.8. The standard InChI is InChI=1S/C14H18FN3O2/c1-4-14-17-13(18-20-14)8-16-9(2)10-5-6-12(19-3)11(15)7-10/h5-7,9,16H,4,8H2,1-3H3/t9-/m0/s1. The monoisotopic (exact) mass is 279 g/mol. The molecule has 0 aliphatic rings. The van der Waals surface area contributed by atoms with E-state index >= 15 is 0 Å². The highest BCUT2D eigenvalue weighted by Crippen LogP contribution is 2.21. The van der Waals surface area contributed by atoms with Gasteiger partial charge in [-0.1, -0.05) is 18.1 Å². The maximum absolute atomic E-state index is 13.6. The molecule has 108 valence electrons. The number of aryl methyl sites for hydroxylation is 1. The fourth-order valence-electron chi connectivity index (χ4n) is 1.82. The number of hydrogen-bond acceptors (Lipinski definition) is 5. The van der Waals surface area contributed by atoms with Crippen molar-refractivity contribution >= 4 is 0 Å². The van der Waals surface area contributed by atoms with Crippen molar-refractivity contribution in [1.29, 1.82) is 0 Å². The van der Waals surface area contributed by atoms with E-state index in [-0.39, 0.29) is 17.6 Å². The summed E-state index contributed by atoms with van der Waals surface area (Å²) in [4.78, 5) is 4.20. The van der Waals surface area contributed by atoms with E-state index in [2.05, 4.69) is 15.5 Å². The molecular formula is C14H18FN3O2. The smallest absolute Gasteiger partial charge is 0.226 e. The van der Waals surface area contributed by atoms with Gasteiger partial charge in [-0.25, -0.2) is 4.39 Å². The fourth-order valence-corrected chi connectivity index (χ4v) is 1.82. The highest BCUT2D eigenvalue weighted by molar-refractivity contribution is 5.30. The molecule has 0 fully saturated rings. The summed E-state index contributed by atoms with van der Waals surface area (Å²) in [5, 5.41) is 7.08. The van der Waals surface area contributed by atoms with Gasteiger partial charge in [0.25, 0.3) is 0 Å². The highest BCUT2D eigenvalue weighted by atomic mass is 19.1. The van der Waals surface area contributed by atoms with Crippen LogP contribution >= 0.6 is 0 Å². The minimum absolute atomic E-state index is 0.0287. The lowest BCUT2D eigenvalue weighted by molar-refractivity contribution is 0.373. The van der Waals surface area contributed by atoms with Crippen LogP contribution in [0.5, 0.6) is 5.75 Å². The van der Waals surface area contributed by atoms with Crippen LogP contribution in [-0.2, 0) is 13.0 Å². The summed E-state index contributed by atoms with van der Waals surface area (Å²) in [6, 6.07) is 4.88. The van der Waals surface area contributed by atoms with E-state index in [0.29, 0.717) is 24.7 Å². The topological polar surface area (TPSA) is 60.2 Å². The third-order valence-corrected chi connectivity index (χ3v) is 3.05. The van der Waals surface area contributed by atoms with Crippen molar-refractivity contribution in [3.8, 4) is 5.75 Å². The molecule has 0 radical (unpaired) electrons. The van der Waals surface area contributed by atoms with Crippen molar-refractivity contribution < 1.29 is 13.7 Å². The van der Waals surface area contributed by atoms with Gasteiger partial charge in [-0.05, 0) is 24.6 Å². The number of hydrogen-bond donors (Lipinski definition) is 1. The summed E-state index contributed by atoms with van der Waals surface area (Å²) in [5.74, 6) is 1.09. The van der Waals surface area contributed by atoms with Crippen molar-refractivity contribution in [2.24, 2.45) is 0 Å². The third kappa shape index (κ3) is 3.33. The number of nitrogens with zero attached hydrogens (tertiary/aromatic N) is 2. The Morgan fingerprint density at radius 2 is 2.25 bits per heavy atom. The quantitative estimate of drug-likeness (QED) is 0.880. The molecule has 2 aromatic rings. The highest BCUT2D eigenvalue weighted by Gasteiger charge is 2.11. The van der Waals surface area contributed by atoms with Gasteiger partial charge in [0.1, 0.15) is 0 Å². The Labute approximate surface area is 117 Å². The van der Waals surface area contributed by atoms with E-state index in [1.165, 1.54) is 13.2 Å². The molecule has 0 aliphatic heterocycles. The zero-order valence-corrected chi connectivity index (χ0v) is 11.8. The maximum atomic E-state index is 13.6. The van der Waals surface area contributed by atoms with Crippen LogP contribution in [0.25, 0.3) is 0 Å². The Morgan fingerprint density at radius 1 is 1.45 bits per heavy atom. The molecule has 5 nitrogen and oxygen atoms in total. The first-order chi connectivity index (χ1) is 9.63. The van der Waals surface area contributed by atoms with Crippen LogP contribution in [-0.4, -0.2) is 17.3 Å². The summed E-state index contributed by atoms with van der Waals surface area (Å²) in [7, 11) is 1.45. The molecule has 20 heavy (non-hydrogen) atoms. The van der Waals surface area contributed by atoms with Gasteiger partial charge in [-0.15, -0.1) is 0 Å². The van der Waals surface area contributed by atoms with Crippen molar-refractivity contribution in [1.82, 2.24) is 15.5 Å². The van der Waals surface area contributed by atoms with E-state index in [9.17, 15) is 4.39 Å². The summed E-state index contributed by atoms with van der Waals surface area (Å²) in [6.45, 7) is 4.37. The van der Waals surface area contributed by atoms with Gasteiger partial charge in [0.15, 0.2) is 17.4 Å². The minimum Gasteiger partial charge on any atom is -0.494 e. The largest absolute Gasteiger partial charge is 0.494 e. The van der Waals surface area contributed by atoms with Crippen LogP contribution in [0, 0.1) is 5.82 Å². The van der Waals surface area contributed by atoms with E-state index in [0.717, 1.165) is 5.56 Å². The summed E-state index contributed by atoms with van der Waals surface area (Å²) in [5.41, 5.74) is 0.836. The van der Waals surface area contributed by atoms with Crippen molar-refractivity contribution in [3.05, 3.63) is 41.3 Å². The molecule has 1 heterocycles. The number of methoxy groups -OCH3 is 1. The average Bonchev–Trinajstić information content (AvgIpc) is 2.92. The molecule has 0 bridgehead atoms. The number of rotatable bonds is 6. The minimum atomic E-state index is -0.369. The lowest BCUT2D eigenvalue weighted by Crippen LogP contribution is -2.19. The molecule has 0 spiro atoms. The number of benzene rings is 1. The molecule has 0 unspecified atom stereocenters. The molecule has 0 amide bonds. The van der Waals surface area contributed by atoms with Gasteiger partial charge in [-0.2, -0.15) is 4.98 Å². The van der Waals surface area contributed by atoms with Crippen molar-refractivity contribution in [3.63, 3.8) is 0 Å². The second-order valence-electron chi connectivity index (χ2n) is 4.45. The van der Waals surface area contributed by atoms with E-state index in [4.69, 9.17) is 9.26 Å². The molecule has 0 aliphatic carbocycles. The average molecular weight is 279 g/mol. The molecule has 0 saturated heterocycles. The van der Waals surface area contributed by atoms with E-state index in [1.54, 1.807) is 6.07 Å². The Morgan fingerprint density at radius 3 is 2.85 bits per heavy atom. The van der Waals surface area contributed by atoms with Gasteiger partial charge >= 0.3 is 0 Å². The summed E-state index contributed by atoms with van der Waals surface area (Å²) in [6.07, 6.45) is 0.715. The van der Waals surface area contributed by atoms with Gasteiger partial charge in [0, 0.05) is 12.5 Å². The first-order valence-electron chi connectivity index (χ1n) is 6.52. The van der Waals surface area contributed by atoms with Crippen LogP contribution in [0.15, 0.2) is 22.7 Å². The van der Waals surface area contributed by atoms with Crippen molar-refractivity contribution in [2.45, 2.75) is 32.9 Å². The van der Waals surface area contributed by atoms with Crippen LogP contribution in [0.4, 0.5) is 4.39 Å². The van der Waals surface area contributed by atoms with Gasteiger partial charge in [0.05, 0.1) is 13.7 Å². The SMILES string of the molecule is CCc1nc(CN[C@@H](C)c2ccc(OC)c(F)c2)no1. The van der Waals surface area contributed by atoms with E-state index < -0.39 is 0 Å². The molecule has 1 atom stereocenters. The third-order valence-electron chi connectivity index (χ3n) is 3.05. The second kappa shape index (κ2) is 6.47. The number of aromatic nitrogens is 2. The molecule has 2 rings (SSSR count). The molecular weight excluding hydrogens is 261 g/mol. The van der Waals surface area contributed by atoms with Crippen LogP contribution in [0.1, 0.15) is 37.2 Å². The Hall–Kier alpha value is -1.95. The zero-order chi connectivity index (χ0) is 14.5. The first kappa shape index (κ1) is 14.5. The number of halogens is 1. The molecule has 1 aromatic heterocycles. The van der Waals surface area contributed by atoms with Crippen molar-refractivity contribution in [2.75, 3.05) is 7.11 Å². The Kier molecular flexibility index (Phi) is 4.68. The van der Waals surface area contributed by atoms with Gasteiger partial charge in [0.2, 0.25) is 5.89 Å². The van der Waals surface area contributed by atoms with E-state index in [1.807, 2.05) is 19.9 Å². The Bertz CT molecular complexity index is 571.